The Hall–Kier alpha value is -3.64. The number of benzene rings is 2. The van der Waals surface area contributed by atoms with E-state index in [1.807, 2.05) is 0 Å². The van der Waals surface area contributed by atoms with E-state index in [9.17, 15) is 23.6 Å². The molecule has 4 amide bonds. The first-order valence-corrected chi connectivity index (χ1v) is 14.4. The molecule has 1 saturated carbocycles. The number of thioether (sulfide) groups is 1. The summed E-state index contributed by atoms with van der Waals surface area (Å²) in [4.78, 5) is 52.2. The van der Waals surface area contributed by atoms with Crippen molar-refractivity contribution in [1.29, 1.82) is 0 Å². The van der Waals surface area contributed by atoms with Crippen molar-refractivity contribution < 1.29 is 23.6 Å². The van der Waals surface area contributed by atoms with E-state index in [1.165, 1.54) is 21.7 Å². The molecule has 40 heavy (non-hydrogen) atoms. The fourth-order valence-electron chi connectivity index (χ4n) is 4.68. The second-order valence-corrected chi connectivity index (χ2v) is 11.6. The maximum atomic E-state index is 14.2. The van der Waals surface area contributed by atoms with E-state index >= 15 is 0 Å². The van der Waals surface area contributed by atoms with Gasteiger partial charge in [-0.05, 0) is 55.7 Å². The lowest BCUT2D eigenvalue weighted by atomic mass is 10.1. The second-order valence-electron chi connectivity index (χ2n) is 9.84. The molecule has 5 rings (SSSR count). The number of halogens is 2. The molecule has 2 heterocycles. The van der Waals surface area contributed by atoms with Crippen molar-refractivity contribution in [3.63, 3.8) is 0 Å². The number of nitrogens with zero attached hydrogens (tertiary/aromatic N) is 3. The molecule has 2 aromatic carbocycles. The number of anilines is 1. The van der Waals surface area contributed by atoms with Gasteiger partial charge in [-0.1, -0.05) is 23.7 Å². The van der Waals surface area contributed by atoms with Gasteiger partial charge in [-0.2, -0.15) is 5.10 Å². The molecule has 1 atom stereocenters. The first-order chi connectivity index (χ1) is 19.2. The number of nitrogens with one attached hydrogen (secondary N) is 2. The third-order valence-corrected chi connectivity index (χ3v) is 8.56. The number of rotatable bonds is 10. The van der Waals surface area contributed by atoms with Gasteiger partial charge in [-0.3, -0.25) is 23.9 Å². The summed E-state index contributed by atoms with van der Waals surface area (Å²) in [6.07, 6.45) is 3.33. The maximum absolute atomic E-state index is 14.2. The molecule has 3 aromatic rings. The first kappa shape index (κ1) is 27.9. The molecule has 0 radical (unpaired) electrons. The van der Waals surface area contributed by atoms with Gasteiger partial charge in [0, 0.05) is 29.2 Å². The fraction of sp³-hybridized carbons (Fsp3) is 0.370. The SMILES string of the molecule is NC(=O)c1nn(CC(=O)N(CC(=O)NCc2cccc(Cl)c2F)C2CC2)c2ccc(NC(=O)C3CCCS3)cc12. The maximum Gasteiger partial charge on any atom is 0.269 e. The lowest BCUT2D eigenvalue weighted by molar-refractivity contribution is -0.137. The molecule has 10 nitrogen and oxygen atoms in total. The summed E-state index contributed by atoms with van der Waals surface area (Å²) >= 11 is 7.42. The molecule has 1 aliphatic carbocycles. The monoisotopic (exact) mass is 586 g/mol. The fourth-order valence-corrected chi connectivity index (χ4v) is 6.04. The van der Waals surface area contributed by atoms with Crippen LogP contribution < -0.4 is 16.4 Å². The quantitative estimate of drug-likeness (QED) is 0.334. The third kappa shape index (κ3) is 6.23. The van der Waals surface area contributed by atoms with Crippen LogP contribution in [-0.4, -0.2) is 61.9 Å². The van der Waals surface area contributed by atoms with Crippen molar-refractivity contribution in [3.05, 3.63) is 58.5 Å². The number of hydrogen-bond donors (Lipinski definition) is 3. The Labute approximate surface area is 238 Å². The number of carbonyl (C=O) groups excluding carboxylic acids is 4. The summed E-state index contributed by atoms with van der Waals surface area (Å²) in [5.41, 5.74) is 6.79. The van der Waals surface area contributed by atoms with Crippen LogP contribution in [0, 0.1) is 5.82 Å². The van der Waals surface area contributed by atoms with Crippen LogP contribution in [0.25, 0.3) is 10.9 Å². The Morgan fingerprint density at radius 2 is 1.98 bits per heavy atom. The van der Waals surface area contributed by atoms with Gasteiger partial charge >= 0.3 is 0 Å². The van der Waals surface area contributed by atoms with Crippen molar-refractivity contribution >= 4 is 63.6 Å². The minimum atomic E-state index is -0.766. The second kappa shape index (κ2) is 11.8. The number of hydrogen-bond acceptors (Lipinski definition) is 6. The van der Waals surface area contributed by atoms with Crippen LogP contribution in [0.5, 0.6) is 0 Å². The van der Waals surface area contributed by atoms with E-state index in [4.69, 9.17) is 17.3 Å². The van der Waals surface area contributed by atoms with E-state index < -0.39 is 17.6 Å². The minimum Gasteiger partial charge on any atom is -0.364 e. The van der Waals surface area contributed by atoms with Crippen molar-refractivity contribution in [2.24, 2.45) is 5.73 Å². The average molecular weight is 587 g/mol. The number of nitrogens with two attached hydrogens (primary N) is 1. The van der Waals surface area contributed by atoms with Gasteiger partial charge < -0.3 is 21.3 Å². The summed E-state index contributed by atoms with van der Waals surface area (Å²) in [5, 5.41) is 10.1. The molecule has 4 N–H and O–H groups in total. The smallest absolute Gasteiger partial charge is 0.269 e. The first-order valence-electron chi connectivity index (χ1n) is 12.9. The van der Waals surface area contributed by atoms with Gasteiger partial charge in [0.2, 0.25) is 17.7 Å². The normalized spacial score (nSPS) is 16.6. The highest BCUT2D eigenvalue weighted by atomic mass is 35.5. The summed E-state index contributed by atoms with van der Waals surface area (Å²) in [6, 6.07) is 9.44. The largest absolute Gasteiger partial charge is 0.364 e. The number of fused-ring (bicyclic) bond motifs is 1. The standard InChI is InChI=1S/C27H28ClFN6O4S/c28-19-4-1-3-15(24(19)29)12-31-22(36)13-34(17-7-8-17)23(37)14-35-20-9-6-16(11-18(20)25(33-35)26(30)38)32-27(39)21-5-2-10-40-21/h1,3-4,6,9,11,17,21H,2,5,7-8,10,12-14H2,(H2,30,38)(H,31,36)(H,32,39). The molecule has 13 heteroatoms. The highest BCUT2D eigenvalue weighted by Gasteiger charge is 2.34. The zero-order valence-electron chi connectivity index (χ0n) is 21.5. The van der Waals surface area contributed by atoms with E-state index in [1.54, 1.807) is 36.0 Å². The van der Waals surface area contributed by atoms with E-state index in [-0.39, 0.29) is 59.0 Å². The average Bonchev–Trinajstić information content (AvgIpc) is 3.48. The van der Waals surface area contributed by atoms with Gasteiger partial charge in [-0.25, -0.2) is 4.39 Å². The topological polar surface area (TPSA) is 139 Å². The van der Waals surface area contributed by atoms with Crippen LogP contribution in [0.15, 0.2) is 36.4 Å². The third-order valence-electron chi connectivity index (χ3n) is 6.89. The lowest BCUT2D eigenvalue weighted by Gasteiger charge is -2.22. The number of primary amides is 1. The Morgan fingerprint density at radius 1 is 1.18 bits per heavy atom. The Kier molecular flexibility index (Phi) is 8.27. The van der Waals surface area contributed by atoms with Crippen LogP contribution in [-0.2, 0) is 27.5 Å². The lowest BCUT2D eigenvalue weighted by Crippen LogP contribution is -2.43. The molecular formula is C27H28ClFN6O4S. The van der Waals surface area contributed by atoms with Gasteiger partial charge in [0.25, 0.3) is 5.91 Å². The van der Waals surface area contributed by atoms with Crippen molar-refractivity contribution in [3.8, 4) is 0 Å². The molecule has 1 unspecified atom stereocenters. The summed E-state index contributed by atoms with van der Waals surface area (Å²) in [5.74, 6) is -1.31. The highest BCUT2D eigenvalue weighted by molar-refractivity contribution is 8.00. The van der Waals surface area contributed by atoms with Crippen LogP contribution in [0.1, 0.15) is 41.7 Å². The predicted molar refractivity (Wildman–Crippen MR) is 150 cm³/mol. The van der Waals surface area contributed by atoms with Gasteiger partial charge in [0.1, 0.15) is 12.4 Å². The summed E-state index contributed by atoms with van der Waals surface area (Å²) in [7, 11) is 0. The minimum absolute atomic E-state index is 0.0200. The predicted octanol–water partition coefficient (Wildman–Crippen LogP) is 3.07. The molecule has 2 fully saturated rings. The number of amides is 4. The van der Waals surface area contributed by atoms with Crippen molar-refractivity contribution in [2.45, 2.75) is 50.1 Å². The molecule has 0 spiro atoms. The van der Waals surface area contributed by atoms with E-state index in [0.717, 1.165) is 31.4 Å². The Morgan fingerprint density at radius 3 is 2.67 bits per heavy atom. The van der Waals surface area contributed by atoms with E-state index in [0.29, 0.717) is 16.6 Å². The van der Waals surface area contributed by atoms with Gasteiger partial charge in [-0.15, -0.1) is 11.8 Å². The van der Waals surface area contributed by atoms with Gasteiger partial charge in [0.05, 0.1) is 22.3 Å². The summed E-state index contributed by atoms with van der Waals surface area (Å²) < 4.78 is 15.5. The summed E-state index contributed by atoms with van der Waals surface area (Å²) in [6.45, 7) is -0.494. The van der Waals surface area contributed by atoms with Crippen molar-refractivity contribution in [2.75, 3.05) is 17.6 Å². The van der Waals surface area contributed by atoms with Gasteiger partial charge in [0.15, 0.2) is 5.69 Å². The molecule has 210 valence electrons. The Balaban J connectivity index is 1.29. The van der Waals surface area contributed by atoms with Crippen LogP contribution in [0.2, 0.25) is 5.02 Å². The zero-order valence-corrected chi connectivity index (χ0v) is 23.1. The number of carbonyl (C=O) groups is 4. The molecular weight excluding hydrogens is 559 g/mol. The number of aromatic nitrogens is 2. The molecule has 1 aromatic heterocycles. The molecule has 2 aliphatic rings. The van der Waals surface area contributed by atoms with Crippen molar-refractivity contribution in [1.82, 2.24) is 20.0 Å². The zero-order chi connectivity index (χ0) is 28.4. The van der Waals surface area contributed by atoms with Crippen LogP contribution in [0.4, 0.5) is 10.1 Å². The molecule has 1 aliphatic heterocycles. The Bertz CT molecular complexity index is 1490. The highest BCUT2D eigenvalue weighted by Crippen LogP contribution is 2.30. The molecule has 0 bridgehead atoms. The van der Waals surface area contributed by atoms with E-state index in [2.05, 4.69) is 15.7 Å². The van der Waals surface area contributed by atoms with Crippen LogP contribution >= 0.6 is 23.4 Å². The van der Waals surface area contributed by atoms with Crippen LogP contribution in [0.3, 0.4) is 0 Å². The molecule has 1 saturated heterocycles.